The van der Waals surface area contributed by atoms with E-state index in [0.29, 0.717) is 13.1 Å². The van der Waals surface area contributed by atoms with Gasteiger partial charge in [0.25, 0.3) is 0 Å². The van der Waals surface area contributed by atoms with Gasteiger partial charge in [-0.2, -0.15) is 0 Å². The molecule has 1 heterocycles. The lowest BCUT2D eigenvalue weighted by Crippen LogP contribution is -2.53. The summed E-state index contributed by atoms with van der Waals surface area (Å²) in [6.07, 6.45) is -1.83. The average Bonchev–Trinajstić information content (AvgIpc) is 2.19. The fraction of sp³-hybridized carbons (Fsp3) is 0.889. The van der Waals surface area contributed by atoms with Crippen molar-refractivity contribution in [2.45, 2.75) is 18.6 Å². The SMILES string of the molecule is O=C(O)CCN1CC(O)C(O)C(CO)C1. The lowest BCUT2D eigenvalue weighted by molar-refractivity contribution is -0.138. The van der Waals surface area contributed by atoms with Crippen molar-refractivity contribution in [3.8, 4) is 0 Å². The van der Waals surface area contributed by atoms with Gasteiger partial charge in [0.15, 0.2) is 0 Å². The maximum Gasteiger partial charge on any atom is 0.304 e. The van der Waals surface area contributed by atoms with Gasteiger partial charge in [-0.05, 0) is 0 Å². The number of hydrogen-bond acceptors (Lipinski definition) is 5. The minimum atomic E-state index is -0.920. The molecule has 4 N–H and O–H groups in total. The molecule has 1 saturated heterocycles. The van der Waals surface area contributed by atoms with Gasteiger partial charge in [0.1, 0.15) is 0 Å². The van der Waals surface area contributed by atoms with E-state index in [-0.39, 0.29) is 19.6 Å². The Morgan fingerprint density at radius 3 is 2.53 bits per heavy atom. The van der Waals surface area contributed by atoms with Crippen LogP contribution in [0.1, 0.15) is 6.42 Å². The molecule has 15 heavy (non-hydrogen) atoms. The highest BCUT2D eigenvalue weighted by molar-refractivity contribution is 5.66. The largest absolute Gasteiger partial charge is 0.481 e. The second kappa shape index (κ2) is 5.41. The number of carboxylic acid groups (broad SMARTS) is 1. The van der Waals surface area contributed by atoms with Crippen LogP contribution in [0.4, 0.5) is 0 Å². The summed E-state index contributed by atoms with van der Waals surface area (Å²) in [5.41, 5.74) is 0. The first-order valence-electron chi connectivity index (χ1n) is 4.95. The minimum Gasteiger partial charge on any atom is -0.481 e. The molecule has 3 atom stereocenters. The van der Waals surface area contributed by atoms with Gasteiger partial charge in [0.05, 0.1) is 18.6 Å². The first kappa shape index (κ1) is 12.4. The van der Waals surface area contributed by atoms with Crippen molar-refractivity contribution in [1.82, 2.24) is 4.90 Å². The van der Waals surface area contributed by atoms with E-state index in [1.807, 2.05) is 0 Å². The van der Waals surface area contributed by atoms with Gasteiger partial charge in [0, 0.05) is 32.2 Å². The third kappa shape index (κ3) is 3.42. The molecule has 0 aromatic carbocycles. The van der Waals surface area contributed by atoms with Crippen LogP contribution in [0.25, 0.3) is 0 Å². The summed E-state index contributed by atoms with van der Waals surface area (Å²) in [7, 11) is 0. The minimum absolute atomic E-state index is 0.000956. The predicted octanol–water partition coefficient (Wildman–Crippen LogP) is -1.89. The van der Waals surface area contributed by atoms with Crippen LogP contribution in [-0.2, 0) is 4.79 Å². The van der Waals surface area contributed by atoms with Crippen LogP contribution < -0.4 is 0 Å². The predicted molar refractivity (Wildman–Crippen MR) is 51.3 cm³/mol. The molecule has 6 heteroatoms. The van der Waals surface area contributed by atoms with Crippen LogP contribution in [0.3, 0.4) is 0 Å². The molecule has 0 aromatic heterocycles. The van der Waals surface area contributed by atoms with E-state index < -0.39 is 24.1 Å². The Morgan fingerprint density at radius 2 is 2.00 bits per heavy atom. The van der Waals surface area contributed by atoms with Crippen LogP contribution in [-0.4, -0.2) is 69.7 Å². The monoisotopic (exact) mass is 219 g/mol. The standard InChI is InChI=1S/C9H17NO5/c11-5-6-3-10(2-1-8(13)14)4-7(12)9(6)15/h6-7,9,11-12,15H,1-5H2,(H,13,14). The zero-order valence-electron chi connectivity index (χ0n) is 8.41. The molecule has 1 rings (SSSR count). The summed E-state index contributed by atoms with van der Waals surface area (Å²) in [6, 6.07) is 0. The molecule has 6 nitrogen and oxygen atoms in total. The zero-order chi connectivity index (χ0) is 11.4. The number of likely N-dealkylation sites (tertiary alicyclic amines) is 1. The van der Waals surface area contributed by atoms with Gasteiger partial charge in [-0.25, -0.2) is 0 Å². The summed E-state index contributed by atoms with van der Waals surface area (Å²) in [6.45, 7) is 0.796. The van der Waals surface area contributed by atoms with Crippen molar-refractivity contribution in [2.24, 2.45) is 5.92 Å². The van der Waals surface area contributed by atoms with Gasteiger partial charge in [0.2, 0.25) is 0 Å². The Labute approximate surface area is 87.8 Å². The molecule has 1 aliphatic heterocycles. The summed E-state index contributed by atoms with van der Waals surface area (Å²) in [5.74, 6) is -1.29. The van der Waals surface area contributed by atoms with Crippen molar-refractivity contribution < 1.29 is 25.2 Å². The summed E-state index contributed by atoms with van der Waals surface area (Å²) >= 11 is 0. The van der Waals surface area contributed by atoms with Crippen molar-refractivity contribution in [3.05, 3.63) is 0 Å². The Balaban J connectivity index is 2.44. The number of carboxylic acids is 1. The topological polar surface area (TPSA) is 101 Å². The van der Waals surface area contributed by atoms with Crippen molar-refractivity contribution in [1.29, 1.82) is 0 Å². The van der Waals surface area contributed by atoms with Crippen molar-refractivity contribution in [2.75, 3.05) is 26.2 Å². The highest BCUT2D eigenvalue weighted by Gasteiger charge is 2.33. The number of aliphatic hydroxyl groups excluding tert-OH is 3. The fourth-order valence-electron chi connectivity index (χ4n) is 1.80. The Bertz CT molecular complexity index is 223. The molecule has 0 radical (unpaired) electrons. The smallest absolute Gasteiger partial charge is 0.304 e. The fourth-order valence-corrected chi connectivity index (χ4v) is 1.80. The van der Waals surface area contributed by atoms with Crippen molar-refractivity contribution >= 4 is 5.97 Å². The van der Waals surface area contributed by atoms with E-state index in [1.54, 1.807) is 4.90 Å². The van der Waals surface area contributed by atoms with Crippen LogP contribution >= 0.6 is 0 Å². The highest BCUT2D eigenvalue weighted by Crippen LogP contribution is 2.17. The van der Waals surface area contributed by atoms with E-state index in [1.165, 1.54) is 0 Å². The van der Waals surface area contributed by atoms with Gasteiger partial charge < -0.3 is 20.4 Å². The second-order valence-electron chi connectivity index (χ2n) is 3.90. The normalized spacial score (nSPS) is 32.9. The van der Waals surface area contributed by atoms with E-state index in [4.69, 9.17) is 10.2 Å². The molecule has 0 aromatic rings. The molecular formula is C9H17NO5. The molecule has 0 bridgehead atoms. The number of nitrogens with zero attached hydrogens (tertiary/aromatic N) is 1. The molecule has 0 aliphatic carbocycles. The average molecular weight is 219 g/mol. The van der Waals surface area contributed by atoms with Gasteiger partial charge >= 0.3 is 5.97 Å². The molecule has 88 valence electrons. The maximum atomic E-state index is 10.4. The quantitative estimate of drug-likeness (QED) is 0.441. The number of β-amino-alcohol motifs (C(OH)–C–C–N with tert-alkyl or cyclic N) is 1. The first-order chi connectivity index (χ1) is 7.04. The number of rotatable bonds is 4. The third-order valence-corrected chi connectivity index (χ3v) is 2.69. The number of aliphatic hydroxyl groups is 3. The van der Waals surface area contributed by atoms with E-state index in [9.17, 15) is 15.0 Å². The highest BCUT2D eigenvalue weighted by atomic mass is 16.4. The number of carbonyl (C=O) groups is 1. The first-order valence-corrected chi connectivity index (χ1v) is 4.95. The maximum absolute atomic E-state index is 10.4. The van der Waals surface area contributed by atoms with Crippen LogP contribution in [0.15, 0.2) is 0 Å². The zero-order valence-corrected chi connectivity index (χ0v) is 8.41. The Hall–Kier alpha value is -0.690. The number of hydrogen-bond donors (Lipinski definition) is 4. The molecule has 1 aliphatic rings. The van der Waals surface area contributed by atoms with Crippen LogP contribution in [0.5, 0.6) is 0 Å². The van der Waals surface area contributed by atoms with Crippen LogP contribution in [0, 0.1) is 5.92 Å². The Morgan fingerprint density at radius 1 is 1.33 bits per heavy atom. The Kier molecular flexibility index (Phi) is 4.46. The number of piperidine rings is 1. The van der Waals surface area contributed by atoms with E-state index >= 15 is 0 Å². The van der Waals surface area contributed by atoms with E-state index in [2.05, 4.69) is 0 Å². The molecule has 0 spiro atoms. The lowest BCUT2D eigenvalue weighted by Gasteiger charge is -2.38. The molecule has 0 saturated carbocycles. The molecule has 1 fully saturated rings. The van der Waals surface area contributed by atoms with Gasteiger partial charge in [-0.3, -0.25) is 9.69 Å². The number of aliphatic carboxylic acids is 1. The second-order valence-corrected chi connectivity index (χ2v) is 3.90. The molecular weight excluding hydrogens is 202 g/mol. The molecule has 0 amide bonds. The summed E-state index contributed by atoms with van der Waals surface area (Å²) in [4.78, 5) is 12.1. The summed E-state index contributed by atoms with van der Waals surface area (Å²) < 4.78 is 0. The van der Waals surface area contributed by atoms with Gasteiger partial charge in [-0.15, -0.1) is 0 Å². The molecule has 3 unspecified atom stereocenters. The van der Waals surface area contributed by atoms with Crippen molar-refractivity contribution in [3.63, 3.8) is 0 Å². The third-order valence-electron chi connectivity index (χ3n) is 2.69. The summed E-state index contributed by atoms with van der Waals surface area (Å²) in [5, 5.41) is 36.4. The lowest BCUT2D eigenvalue weighted by atomic mass is 9.93. The van der Waals surface area contributed by atoms with Crippen LogP contribution in [0.2, 0.25) is 0 Å². The van der Waals surface area contributed by atoms with Gasteiger partial charge in [-0.1, -0.05) is 0 Å². The van der Waals surface area contributed by atoms with E-state index in [0.717, 1.165) is 0 Å².